The number of carboxylic acids is 1. The topological polar surface area (TPSA) is 75.4 Å². The van der Waals surface area contributed by atoms with Gasteiger partial charge in [-0.15, -0.1) is 0 Å². The van der Waals surface area contributed by atoms with E-state index in [0.29, 0.717) is 24.7 Å². The van der Waals surface area contributed by atoms with Crippen molar-refractivity contribution < 1.29 is 14.7 Å². The number of nitrogens with zero attached hydrogens (tertiary/aromatic N) is 3. The first-order chi connectivity index (χ1) is 9.59. The van der Waals surface area contributed by atoms with E-state index in [0.717, 1.165) is 12.8 Å². The lowest BCUT2D eigenvalue weighted by molar-refractivity contribution is -0.137. The molecule has 0 spiro atoms. The smallest absolute Gasteiger partial charge is 0.303 e. The summed E-state index contributed by atoms with van der Waals surface area (Å²) in [7, 11) is 1.70. The first kappa shape index (κ1) is 14.6. The Kier molecular flexibility index (Phi) is 4.76. The maximum Gasteiger partial charge on any atom is 0.303 e. The molecular weight excluding hydrogens is 258 g/mol. The zero-order chi connectivity index (χ0) is 14.5. The lowest BCUT2D eigenvalue weighted by Crippen LogP contribution is -2.30. The van der Waals surface area contributed by atoms with Gasteiger partial charge in [0.15, 0.2) is 0 Å². The van der Waals surface area contributed by atoms with Gasteiger partial charge in [-0.3, -0.25) is 14.3 Å². The molecule has 1 fully saturated rings. The molecule has 110 valence electrons. The Morgan fingerprint density at radius 3 is 2.80 bits per heavy atom. The van der Waals surface area contributed by atoms with Crippen molar-refractivity contribution in [1.29, 1.82) is 0 Å². The molecule has 0 aromatic carbocycles. The van der Waals surface area contributed by atoms with Crippen LogP contribution in [0, 0.1) is 0 Å². The van der Waals surface area contributed by atoms with E-state index >= 15 is 0 Å². The molecule has 6 heteroatoms. The zero-order valence-corrected chi connectivity index (χ0v) is 11.8. The molecule has 1 aromatic heterocycles. The number of rotatable bonds is 6. The van der Waals surface area contributed by atoms with Crippen molar-refractivity contribution in [2.24, 2.45) is 0 Å². The van der Waals surface area contributed by atoms with Gasteiger partial charge in [0, 0.05) is 26.2 Å². The van der Waals surface area contributed by atoms with Crippen LogP contribution in [0.25, 0.3) is 0 Å². The summed E-state index contributed by atoms with van der Waals surface area (Å²) in [6.07, 6.45) is 6.74. The maximum atomic E-state index is 12.4. The monoisotopic (exact) mass is 279 g/mol. The molecule has 0 bridgehead atoms. The number of aliphatic carboxylic acids is 1. The Morgan fingerprint density at radius 2 is 2.15 bits per heavy atom. The Balaban J connectivity index is 1.98. The summed E-state index contributed by atoms with van der Waals surface area (Å²) in [5, 5.41) is 12.9. The Labute approximate surface area is 118 Å². The number of aromatic nitrogens is 2. The molecule has 2 rings (SSSR count). The van der Waals surface area contributed by atoms with Crippen LogP contribution in [0.5, 0.6) is 0 Å². The number of carbonyl (C=O) groups excluding carboxylic acids is 1. The van der Waals surface area contributed by atoms with Gasteiger partial charge in [-0.2, -0.15) is 5.10 Å². The van der Waals surface area contributed by atoms with Crippen LogP contribution >= 0.6 is 0 Å². The summed E-state index contributed by atoms with van der Waals surface area (Å²) in [6.45, 7) is 0.445. The fourth-order valence-electron chi connectivity index (χ4n) is 2.69. The molecule has 0 aliphatic heterocycles. The molecule has 0 saturated heterocycles. The second kappa shape index (κ2) is 6.54. The highest BCUT2D eigenvalue weighted by atomic mass is 16.4. The Morgan fingerprint density at radius 1 is 1.45 bits per heavy atom. The predicted octanol–water partition coefficient (Wildman–Crippen LogP) is 1.93. The number of carboxylic acid groups (broad SMARTS) is 1. The van der Waals surface area contributed by atoms with Gasteiger partial charge in [0.05, 0.1) is 6.04 Å². The fraction of sp³-hybridized carbons (Fsp3) is 0.643. The molecule has 6 nitrogen and oxygen atoms in total. The first-order valence-electron chi connectivity index (χ1n) is 7.10. The van der Waals surface area contributed by atoms with Crippen LogP contribution in [-0.4, -0.2) is 45.3 Å². The number of hydrogen-bond donors (Lipinski definition) is 1. The van der Waals surface area contributed by atoms with E-state index in [1.807, 2.05) is 4.68 Å². The summed E-state index contributed by atoms with van der Waals surface area (Å²) in [6, 6.07) is 2.07. The van der Waals surface area contributed by atoms with Crippen molar-refractivity contribution in [2.75, 3.05) is 13.6 Å². The third-order valence-corrected chi connectivity index (χ3v) is 3.79. The number of carbonyl (C=O) groups is 2. The molecule has 1 N–H and O–H groups in total. The van der Waals surface area contributed by atoms with Crippen molar-refractivity contribution in [3.8, 4) is 0 Å². The molecule has 1 amide bonds. The van der Waals surface area contributed by atoms with E-state index in [9.17, 15) is 9.59 Å². The minimum atomic E-state index is -0.832. The summed E-state index contributed by atoms with van der Waals surface area (Å²) >= 11 is 0. The molecule has 1 aliphatic rings. The summed E-state index contributed by atoms with van der Waals surface area (Å²) in [4.78, 5) is 24.4. The third-order valence-electron chi connectivity index (χ3n) is 3.79. The van der Waals surface area contributed by atoms with Gasteiger partial charge in [0.25, 0.3) is 5.91 Å². The van der Waals surface area contributed by atoms with Gasteiger partial charge in [0.2, 0.25) is 0 Å². The van der Waals surface area contributed by atoms with Gasteiger partial charge < -0.3 is 10.0 Å². The second-order valence-electron chi connectivity index (χ2n) is 5.32. The quantitative estimate of drug-likeness (QED) is 0.863. The molecule has 1 aliphatic carbocycles. The summed E-state index contributed by atoms with van der Waals surface area (Å²) in [5.74, 6) is -0.915. The molecule has 0 radical (unpaired) electrons. The van der Waals surface area contributed by atoms with Crippen LogP contribution < -0.4 is 0 Å². The van der Waals surface area contributed by atoms with Gasteiger partial charge in [-0.25, -0.2) is 0 Å². The minimum Gasteiger partial charge on any atom is -0.481 e. The van der Waals surface area contributed by atoms with Gasteiger partial charge >= 0.3 is 5.97 Å². The van der Waals surface area contributed by atoms with E-state index in [2.05, 4.69) is 5.10 Å². The fourth-order valence-corrected chi connectivity index (χ4v) is 2.69. The van der Waals surface area contributed by atoms with Gasteiger partial charge in [-0.05, 0) is 25.3 Å². The number of amides is 1. The van der Waals surface area contributed by atoms with Crippen molar-refractivity contribution in [2.45, 2.75) is 44.6 Å². The van der Waals surface area contributed by atoms with Crippen molar-refractivity contribution in [3.63, 3.8) is 0 Å². The normalized spacial score (nSPS) is 15.4. The Hall–Kier alpha value is -1.85. The highest BCUT2D eigenvalue weighted by Gasteiger charge is 2.24. The molecule has 1 aromatic rings. The average molecular weight is 279 g/mol. The SMILES string of the molecule is CN(CCCC(=O)O)C(=O)c1ccnn1C1CCCC1. The van der Waals surface area contributed by atoms with Gasteiger partial charge in [0.1, 0.15) is 5.69 Å². The summed E-state index contributed by atoms with van der Waals surface area (Å²) in [5.41, 5.74) is 0.606. The van der Waals surface area contributed by atoms with E-state index in [1.165, 1.54) is 12.8 Å². The highest BCUT2D eigenvalue weighted by molar-refractivity contribution is 5.92. The van der Waals surface area contributed by atoms with Crippen LogP contribution in [0.1, 0.15) is 55.1 Å². The van der Waals surface area contributed by atoms with Crippen molar-refractivity contribution >= 4 is 11.9 Å². The van der Waals surface area contributed by atoms with Crippen molar-refractivity contribution in [3.05, 3.63) is 18.0 Å². The molecule has 20 heavy (non-hydrogen) atoms. The maximum absolute atomic E-state index is 12.4. The lowest BCUT2D eigenvalue weighted by atomic mass is 10.2. The van der Waals surface area contributed by atoms with Crippen LogP contribution in [0.2, 0.25) is 0 Å². The summed E-state index contributed by atoms with van der Waals surface area (Å²) < 4.78 is 1.84. The molecule has 0 unspecified atom stereocenters. The van der Waals surface area contributed by atoms with Gasteiger partial charge in [-0.1, -0.05) is 12.8 Å². The molecule has 1 heterocycles. The molecule has 0 atom stereocenters. The van der Waals surface area contributed by atoms with Crippen LogP contribution in [-0.2, 0) is 4.79 Å². The zero-order valence-electron chi connectivity index (χ0n) is 11.8. The second-order valence-corrected chi connectivity index (χ2v) is 5.32. The molecule has 1 saturated carbocycles. The van der Waals surface area contributed by atoms with E-state index in [1.54, 1.807) is 24.2 Å². The first-order valence-corrected chi connectivity index (χ1v) is 7.10. The highest BCUT2D eigenvalue weighted by Crippen LogP contribution is 2.29. The van der Waals surface area contributed by atoms with Crippen LogP contribution in [0.15, 0.2) is 12.3 Å². The van der Waals surface area contributed by atoms with Crippen LogP contribution in [0.4, 0.5) is 0 Å². The predicted molar refractivity (Wildman–Crippen MR) is 73.6 cm³/mol. The Bertz CT molecular complexity index is 478. The largest absolute Gasteiger partial charge is 0.481 e. The third kappa shape index (κ3) is 3.37. The van der Waals surface area contributed by atoms with E-state index < -0.39 is 5.97 Å². The van der Waals surface area contributed by atoms with E-state index in [-0.39, 0.29) is 12.3 Å². The van der Waals surface area contributed by atoms with Crippen LogP contribution in [0.3, 0.4) is 0 Å². The van der Waals surface area contributed by atoms with E-state index in [4.69, 9.17) is 5.11 Å². The minimum absolute atomic E-state index is 0.0828. The average Bonchev–Trinajstić information content (AvgIpc) is 3.07. The van der Waals surface area contributed by atoms with Crippen molar-refractivity contribution in [1.82, 2.24) is 14.7 Å². The molecular formula is C14H21N3O3. The lowest BCUT2D eigenvalue weighted by Gasteiger charge is -2.19. The standard InChI is InChI=1S/C14H21N3O3/c1-16(10-4-7-13(18)19)14(20)12-8-9-15-17(12)11-5-2-3-6-11/h8-9,11H,2-7,10H2,1H3,(H,18,19). The number of hydrogen-bond acceptors (Lipinski definition) is 3.